The molecule has 1 aromatic rings. The minimum atomic E-state index is -0.956. The second kappa shape index (κ2) is 4.63. The van der Waals surface area contributed by atoms with Gasteiger partial charge in [-0.3, -0.25) is 14.6 Å². The van der Waals surface area contributed by atoms with E-state index < -0.39 is 11.7 Å². The fraction of sp³-hybridized carbons (Fsp3) is 0.500. The average Bonchev–Trinajstić information content (AvgIpc) is 3.16. The number of allylic oxidation sites excluding steroid dienone is 1. The van der Waals surface area contributed by atoms with Crippen molar-refractivity contribution in [1.82, 2.24) is 5.06 Å². The van der Waals surface area contributed by atoms with Crippen molar-refractivity contribution in [2.75, 3.05) is 7.11 Å². The predicted molar refractivity (Wildman–Crippen MR) is 92.6 cm³/mol. The summed E-state index contributed by atoms with van der Waals surface area (Å²) in [6, 6.07) is 8.00. The number of para-hydroxylation sites is 1. The lowest BCUT2D eigenvalue weighted by molar-refractivity contribution is -0.234. The molecule has 0 radical (unpaired) electrons. The lowest BCUT2D eigenvalue weighted by atomic mass is 9.43. The first-order chi connectivity index (χ1) is 12.6. The van der Waals surface area contributed by atoms with Gasteiger partial charge in [-0.15, -0.1) is 0 Å². The Morgan fingerprint density at radius 1 is 1.46 bits per heavy atom. The highest BCUT2D eigenvalue weighted by atomic mass is 16.8. The summed E-state index contributed by atoms with van der Waals surface area (Å²) in [5.74, 6) is -0.762. The lowest BCUT2D eigenvalue weighted by Gasteiger charge is -2.63. The standard InChI is InChI=1S/C20H20N2O4/c1-3-9-10-8-13-17-20(14(10)18(23)25-2,11-6-4-5-7-12(11)21-17)15-16(9)22(13)26-19(15)24/h3-7,10,13-16,19,24H,8H2,1-2H3/b9-3+/t10-,13+,14?,15?,16+,19+,20?/m0/s1. The number of nitrogens with zero attached hydrogens (tertiary/aromatic N) is 2. The van der Waals surface area contributed by atoms with Crippen LogP contribution in [0.4, 0.5) is 5.69 Å². The van der Waals surface area contributed by atoms with Crippen LogP contribution in [0.2, 0.25) is 0 Å². The first-order valence-corrected chi connectivity index (χ1v) is 9.20. The number of hydroxylamine groups is 2. The molecule has 8 atom stereocenters. The summed E-state index contributed by atoms with van der Waals surface area (Å²) in [5.41, 5.74) is 3.46. The fourth-order valence-corrected chi connectivity index (χ4v) is 6.62. The van der Waals surface area contributed by atoms with Crippen LogP contribution in [-0.2, 0) is 19.8 Å². The van der Waals surface area contributed by atoms with Gasteiger partial charge >= 0.3 is 5.97 Å². The summed E-state index contributed by atoms with van der Waals surface area (Å²) in [5, 5.41) is 12.8. The van der Waals surface area contributed by atoms with E-state index in [1.807, 2.05) is 30.2 Å². The van der Waals surface area contributed by atoms with Gasteiger partial charge in [-0.1, -0.05) is 29.8 Å². The largest absolute Gasteiger partial charge is 0.469 e. The van der Waals surface area contributed by atoms with Crippen molar-refractivity contribution < 1.29 is 19.5 Å². The molecule has 6 bridgehead atoms. The normalized spacial score (nSPS) is 47.7. The average molecular weight is 352 g/mol. The Morgan fingerprint density at radius 3 is 3.04 bits per heavy atom. The number of benzene rings is 1. The minimum absolute atomic E-state index is 0.00425. The summed E-state index contributed by atoms with van der Waals surface area (Å²) in [6.07, 6.45) is 1.91. The van der Waals surface area contributed by atoms with Crippen LogP contribution < -0.4 is 0 Å². The van der Waals surface area contributed by atoms with Crippen molar-refractivity contribution >= 4 is 17.4 Å². The molecule has 0 amide bonds. The van der Waals surface area contributed by atoms with E-state index in [1.165, 1.54) is 12.7 Å². The number of aliphatic hydroxyl groups excluding tert-OH is 1. The van der Waals surface area contributed by atoms with Crippen molar-refractivity contribution in [1.29, 1.82) is 0 Å². The van der Waals surface area contributed by atoms with Crippen molar-refractivity contribution in [3.05, 3.63) is 41.5 Å². The van der Waals surface area contributed by atoms with E-state index in [9.17, 15) is 9.90 Å². The number of hydrogen-bond donors (Lipinski definition) is 1. The number of methoxy groups -OCH3 is 1. The SMILES string of the molecule is C/C=C1/[C@@H]2C3[C@H](O)ON2[C@@H]2C[C@@H]1C(C(=O)OC)C31C2=Nc2ccccc21. The molecule has 3 saturated heterocycles. The molecule has 5 fully saturated rings. The Hall–Kier alpha value is -2.02. The molecule has 26 heavy (non-hydrogen) atoms. The maximum atomic E-state index is 13.1. The molecule has 0 aromatic heterocycles. The molecule has 2 aliphatic carbocycles. The van der Waals surface area contributed by atoms with Crippen LogP contribution in [0.25, 0.3) is 0 Å². The van der Waals surface area contributed by atoms with Crippen molar-refractivity contribution in [2.24, 2.45) is 22.7 Å². The molecule has 1 N–H and O–H groups in total. The second-order valence-corrected chi connectivity index (χ2v) is 7.86. The van der Waals surface area contributed by atoms with Crippen molar-refractivity contribution in [3.8, 4) is 0 Å². The van der Waals surface area contributed by atoms with E-state index in [-0.39, 0.29) is 35.8 Å². The molecule has 6 aliphatic rings. The molecule has 1 spiro atoms. The molecule has 134 valence electrons. The smallest absolute Gasteiger partial charge is 0.310 e. The topological polar surface area (TPSA) is 71.4 Å². The molecule has 6 nitrogen and oxygen atoms in total. The second-order valence-electron chi connectivity index (χ2n) is 7.86. The van der Waals surface area contributed by atoms with Gasteiger partial charge in [0, 0.05) is 5.92 Å². The number of esters is 1. The van der Waals surface area contributed by atoms with Crippen LogP contribution in [-0.4, -0.2) is 47.3 Å². The number of rotatable bonds is 1. The van der Waals surface area contributed by atoms with Gasteiger partial charge in [0.05, 0.1) is 41.9 Å². The van der Waals surface area contributed by atoms with Gasteiger partial charge < -0.3 is 9.84 Å². The fourth-order valence-electron chi connectivity index (χ4n) is 6.62. The number of aliphatic imine (C=N–C) groups is 1. The number of hydrogen-bond acceptors (Lipinski definition) is 6. The van der Waals surface area contributed by atoms with Crippen molar-refractivity contribution in [2.45, 2.75) is 37.1 Å². The molecule has 7 rings (SSSR count). The monoisotopic (exact) mass is 352 g/mol. The number of aliphatic hydroxyl groups is 1. The van der Waals surface area contributed by atoms with E-state index in [4.69, 9.17) is 14.6 Å². The maximum Gasteiger partial charge on any atom is 0.310 e. The predicted octanol–water partition coefficient (Wildman–Crippen LogP) is 1.71. The van der Waals surface area contributed by atoms with Gasteiger partial charge in [-0.05, 0) is 30.9 Å². The Labute approximate surface area is 151 Å². The van der Waals surface area contributed by atoms with Gasteiger partial charge in [0.25, 0.3) is 0 Å². The van der Waals surface area contributed by atoms with Crippen LogP contribution in [0.3, 0.4) is 0 Å². The maximum absolute atomic E-state index is 13.1. The molecular weight excluding hydrogens is 332 g/mol. The Balaban J connectivity index is 1.71. The third-order valence-corrected chi connectivity index (χ3v) is 7.24. The first kappa shape index (κ1) is 15.1. The zero-order valence-electron chi connectivity index (χ0n) is 14.6. The first-order valence-electron chi connectivity index (χ1n) is 9.20. The van der Waals surface area contributed by atoms with Gasteiger partial charge in [0.1, 0.15) is 0 Å². The number of fused-ring (bicyclic) bond motifs is 1. The molecule has 4 heterocycles. The third kappa shape index (κ3) is 1.34. The van der Waals surface area contributed by atoms with E-state index in [0.717, 1.165) is 23.4 Å². The van der Waals surface area contributed by atoms with Crippen LogP contribution in [0, 0.1) is 17.8 Å². The molecular formula is C20H20N2O4. The Bertz CT molecular complexity index is 909. The Morgan fingerprint density at radius 2 is 2.27 bits per heavy atom. The lowest BCUT2D eigenvalue weighted by Crippen LogP contribution is -2.74. The van der Waals surface area contributed by atoms with Crippen LogP contribution in [0.5, 0.6) is 0 Å². The summed E-state index contributed by atoms with van der Waals surface area (Å²) in [4.78, 5) is 23.9. The summed E-state index contributed by atoms with van der Waals surface area (Å²) < 4.78 is 5.27. The van der Waals surface area contributed by atoms with Crippen LogP contribution in [0.15, 0.2) is 40.9 Å². The Kier molecular flexibility index (Phi) is 2.68. The van der Waals surface area contributed by atoms with Gasteiger partial charge in [0.15, 0.2) is 6.29 Å². The highest BCUT2D eigenvalue weighted by Gasteiger charge is 2.78. The van der Waals surface area contributed by atoms with Crippen LogP contribution in [0.1, 0.15) is 18.9 Å². The quantitative estimate of drug-likeness (QED) is 0.615. The summed E-state index contributed by atoms with van der Waals surface area (Å²) in [6.45, 7) is 2.01. The zero-order valence-corrected chi connectivity index (χ0v) is 14.6. The van der Waals surface area contributed by atoms with Crippen LogP contribution >= 0.6 is 0 Å². The number of ether oxygens (including phenoxy) is 1. The van der Waals surface area contributed by atoms with Gasteiger partial charge in [-0.25, -0.2) is 0 Å². The minimum Gasteiger partial charge on any atom is -0.469 e. The molecule has 4 unspecified atom stereocenters. The third-order valence-electron chi connectivity index (χ3n) is 7.24. The molecule has 6 heteroatoms. The highest BCUT2D eigenvalue weighted by molar-refractivity contribution is 6.10. The summed E-state index contributed by atoms with van der Waals surface area (Å²) in [7, 11) is 1.45. The van der Waals surface area contributed by atoms with Gasteiger partial charge in [0.2, 0.25) is 0 Å². The van der Waals surface area contributed by atoms with E-state index in [2.05, 4.69) is 12.1 Å². The van der Waals surface area contributed by atoms with Crippen molar-refractivity contribution in [3.63, 3.8) is 0 Å². The van der Waals surface area contributed by atoms with Gasteiger partial charge in [-0.2, -0.15) is 5.06 Å². The number of piperidine rings is 2. The molecule has 1 aromatic carbocycles. The number of carbonyl (C=O) groups excluding carboxylic acids is 1. The molecule has 4 aliphatic heterocycles. The summed E-state index contributed by atoms with van der Waals surface area (Å²) >= 11 is 0. The van der Waals surface area contributed by atoms with E-state index in [0.29, 0.717) is 0 Å². The van der Waals surface area contributed by atoms with E-state index >= 15 is 0 Å². The molecule has 2 saturated carbocycles. The zero-order chi connectivity index (χ0) is 17.8. The van der Waals surface area contributed by atoms with E-state index in [1.54, 1.807) is 0 Å². The highest BCUT2D eigenvalue weighted by Crippen LogP contribution is 2.69. The number of carbonyl (C=O) groups is 1.